The summed E-state index contributed by atoms with van der Waals surface area (Å²) in [5.74, 6) is 1.29. The molecule has 3 fully saturated rings. The van der Waals surface area contributed by atoms with E-state index in [0.29, 0.717) is 11.4 Å². The van der Waals surface area contributed by atoms with Crippen molar-refractivity contribution in [2.75, 3.05) is 6.54 Å². The molecule has 14 heavy (non-hydrogen) atoms. The minimum absolute atomic E-state index is 0.341. The first-order valence-electron chi connectivity index (χ1n) is 6.13. The molecule has 3 rings (SSSR count). The number of carbonyl (C=O) groups is 1. The molecule has 1 amide bonds. The van der Waals surface area contributed by atoms with Crippen molar-refractivity contribution in [2.45, 2.75) is 56.9 Å². The van der Waals surface area contributed by atoms with Crippen LogP contribution in [0.3, 0.4) is 0 Å². The second-order valence-electron chi connectivity index (χ2n) is 5.23. The van der Waals surface area contributed by atoms with Gasteiger partial charge in [0, 0.05) is 18.5 Å². The molecule has 0 bridgehead atoms. The van der Waals surface area contributed by atoms with Crippen LogP contribution in [0.2, 0.25) is 0 Å². The maximum atomic E-state index is 11.8. The Kier molecular flexibility index (Phi) is 1.86. The first-order valence-corrected chi connectivity index (χ1v) is 6.13. The minimum Gasteiger partial charge on any atom is -0.337 e. The maximum Gasteiger partial charge on any atom is 0.223 e. The molecule has 78 valence electrons. The zero-order valence-electron chi connectivity index (χ0n) is 8.80. The first-order chi connectivity index (χ1) is 6.83. The summed E-state index contributed by atoms with van der Waals surface area (Å²) in [5.41, 5.74) is 0.341. The van der Waals surface area contributed by atoms with Crippen LogP contribution in [0.15, 0.2) is 0 Å². The van der Waals surface area contributed by atoms with Gasteiger partial charge in [-0.2, -0.15) is 0 Å². The molecule has 2 aliphatic heterocycles. The van der Waals surface area contributed by atoms with Crippen LogP contribution in [-0.4, -0.2) is 22.9 Å². The summed E-state index contributed by atoms with van der Waals surface area (Å²) in [6, 6.07) is 0. The van der Waals surface area contributed by atoms with E-state index in [1.807, 2.05) is 0 Å². The van der Waals surface area contributed by atoms with Crippen LogP contribution in [0.5, 0.6) is 0 Å². The lowest BCUT2D eigenvalue weighted by atomic mass is 9.67. The molecule has 2 heteroatoms. The fourth-order valence-electron chi connectivity index (χ4n) is 4.08. The molecule has 0 aromatic carbocycles. The predicted octanol–water partition coefficient (Wildman–Crippen LogP) is 2.33. The molecule has 2 atom stereocenters. The van der Waals surface area contributed by atoms with Gasteiger partial charge in [-0.3, -0.25) is 4.79 Å². The van der Waals surface area contributed by atoms with Crippen LogP contribution in [0.1, 0.15) is 51.4 Å². The second kappa shape index (κ2) is 2.98. The van der Waals surface area contributed by atoms with Crippen LogP contribution in [0, 0.1) is 5.92 Å². The smallest absolute Gasteiger partial charge is 0.223 e. The predicted molar refractivity (Wildman–Crippen MR) is 54.9 cm³/mol. The van der Waals surface area contributed by atoms with Gasteiger partial charge < -0.3 is 4.90 Å². The van der Waals surface area contributed by atoms with Crippen LogP contribution in [0.4, 0.5) is 0 Å². The number of piperidine rings is 1. The summed E-state index contributed by atoms with van der Waals surface area (Å²) in [6.07, 6.45) is 10.0. The molecule has 2 saturated heterocycles. The van der Waals surface area contributed by atoms with Gasteiger partial charge in [0.1, 0.15) is 0 Å². The third-order valence-electron chi connectivity index (χ3n) is 4.72. The Balaban J connectivity index is 1.94. The number of carbonyl (C=O) groups excluding carboxylic acids is 1. The zero-order chi connectivity index (χ0) is 9.60. The quantitative estimate of drug-likeness (QED) is 0.578. The summed E-state index contributed by atoms with van der Waals surface area (Å²) >= 11 is 0. The highest BCUT2D eigenvalue weighted by molar-refractivity contribution is 5.80. The van der Waals surface area contributed by atoms with E-state index in [2.05, 4.69) is 4.90 Å². The van der Waals surface area contributed by atoms with Gasteiger partial charge in [-0.05, 0) is 38.0 Å². The molecule has 0 aromatic rings. The number of rotatable bonds is 0. The third-order valence-corrected chi connectivity index (χ3v) is 4.72. The Morgan fingerprint density at radius 3 is 2.93 bits per heavy atom. The minimum atomic E-state index is 0.341. The van der Waals surface area contributed by atoms with E-state index in [4.69, 9.17) is 0 Å². The standard InChI is InChI=1S/C12H19NO/c14-11-6-8-12-7-2-1-4-10(12)5-3-9-13(11)12/h10H,1-9H2. The van der Waals surface area contributed by atoms with Gasteiger partial charge in [-0.15, -0.1) is 0 Å². The molecule has 0 aromatic heterocycles. The van der Waals surface area contributed by atoms with Crippen molar-refractivity contribution in [2.24, 2.45) is 5.92 Å². The summed E-state index contributed by atoms with van der Waals surface area (Å²) in [5, 5.41) is 0. The Morgan fingerprint density at radius 2 is 2.00 bits per heavy atom. The molecule has 2 unspecified atom stereocenters. The number of nitrogens with zero attached hydrogens (tertiary/aromatic N) is 1. The van der Waals surface area contributed by atoms with E-state index in [1.165, 1.54) is 38.5 Å². The molecular weight excluding hydrogens is 174 g/mol. The Labute approximate surface area is 85.7 Å². The van der Waals surface area contributed by atoms with Crippen LogP contribution < -0.4 is 0 Å². The van der Waals surface area contributed by atoms with Crippen molar-refractivity contribution < 1.29 is 4.79 Å². The van der Waals surface area contributed by atoms with Crippen LogP contribution >= 0.6 is 0 Å². The lowest BCUT2D eigenvalue weighted by Crippen LogP contribution is -2.55. The Hall–Kier alpha value is -0.530. The van der Waals surface area contributed by atoms with E-state index < -0.39 is 0 Å². The van der Waals surface area contributed by atoms with Gasteiger partial charge in [0.2, 0.25) is 5.91 Å². The fraction of sp³-hybridized carbons (Fsp3) is 0.917. The first kappa shape index (κ1) is 8.75. The number of amides is 1. The van der Waals surface area contributed by atoms with Crippen molar-refractivity contribution in [3.8, 4) is 0 Å². The van der Waals surface area contributed by atoms with Gasteiger partial charge in [0.25, 0.3) is 0 Å². The molecule has 0 radical (unpaired) electrons. The van der Waals surface area contributed by atoms with Crippen LogP contribution in [0.25, 0.3) is 0 Å². The Morgan fingerprint density at radius 1 is 1.14 bits per heavy atom. The van der Waals surface area contributed by atoms with Crippen molar-refractivity contribution in [3.63, 3.8) is 0 Å². The van der Waals surface area contributed by atoms with Gasteiger partial charge in [0.05, 0.1) is 0 Å². The summed E-state index contributed by atoms with van der Waals surface area (Å²) in [4.78, 5) is 14.0. The largest absolute Gasteiger partial charge is 0.337 e. The van der Waals surface area contributed by atoms with Crippen LogP contribution in [-0.2, 0) is 4.79 Å². The van der Waals surface area contributed by atoms with Crippen molar-refractivity contribution in [3.05, 3.63) is 0 Å². The van der Waals surface area contributed by atoms with Gasteiger partial charge in [-0.1, -0.05) is 12.8 Å². The molecule has 0 N–H and O–H groups in total. The maximum absolute atomic E-state index is 11.8. The highest BCUT2D eigenvalue weighted by Crippen LogP contribution is 2.50. The fourth-order valence-corrected chi connectivity index (χ4v) is 4.08. The topological polar surface area (TPSA) is 20.3 Å². The molecule has 3 aliphatic rings. The average molecular weight is 193 g/mol. The monoisotopic (exact) mass is 193 g/mol. The van der Waals surface area contributed by atoms with Gasteiger partial charge >= 0.3 is 0 Å². The molecular formula is C12H19NO. The molecule has 1 aliphatic carbocycles. The zero-order valence-corrected chi connectivity index (χ0v) is 8.80. The lowest BCUT2D eigenvalue weighted by molar-refractivity contribution is -0.136. The van der Waals surface area contributed by atoms with Crippen molar-refractivity contribution in [1.29, 1.82) is 0 Å². The van der Waals surface area contributed by atoms with E-state index in [9.17, 15) is 4.79 Å². The lowest BCUT2D eigenvalue weighted by Gasteiger charge is -2.51. The van der Waals surface area contributed by atoms with Crippen molar-refractivity contribution >= 4 is 5.91 Å². The van der Waals surface area contributed by atoms with E-state index >= 15 is 0 Å². The summed E-state index contributed by atoms with van der Waals surface area (Å²) < 4.78 is 0. The summed E-state index contributed by atoms with van der Waals surface area (Å²) in [6.45, 7) is 1.05. The number of hydrogen-bond donors (Lipinski definition) is 0. The SMILES string of the molecule is O=C1CCC23CCCCC2CCCN13. The van der Waals surface area contributed by atoms with E-state index in [0.717, 1.165) is 25.3 Å². The normalized spacial score (nSPS) is 42.1. The van der Waals surface area contributed by atoms with E-state index in [1.54, 1.807) is 0 Å². The molecule has 1 spiro atoms. The van der Waals surface area contributed by atoms with Gasteiger partial charge in [-0.25, -0.2) is 0 Å². The second-order valence-corrected chi connectivity index (χ2v) is 5.23. The van der Waals surface area contributed by atoms with Crippen molar-refractivity contribution in [1.82, 2.24) is 4.90 Å². The van der Waals surface area contributed by atoms with Gasteiger partial charge in [0.15, 0.2) is 0 Å². The average Bonchev–Trinajstić information content (AvgIpc) is 2.55. The Bertz CT molecular complexity index is 261. The summed E-state index contributed by atoms with van der Waals surface area (Å²) in [7, 11) is 0. The number of hydrogen-bond acceptors (Lipinski definition) is 1. The van der Waals surface area contributed by atoms with E-state index in [-0.39, 0.29) is 0 Å². The molecule has 2 heterocycles. The third kappa shape index (κ3) is 0.999. The molecule has 2 nitrogen and oxygen atoms in total. The highest BCUT2D eigenvalue weighted by atomic mass is 16.2. The highest BCUT2D eigenvalue weighted by Gasteiger charge is 2.52. The molecule has 1 saturated carbocycles.